The lowest BCUT2D eigenvalue weighted by Gasteiger charge is -2.42. The molecule has 1 aliphatic heterocycles. The van der Waals surface area contributed by atoms with Crippen molar-refractivity contribution in [2.45, 2.75) is 172 Å². The fourth-order valence-corrected chi connectivity index (χ4v) is 16.9. The van der Waals surface area contributed by atoms with E-state index in [0.29, 0.717) is 0 Å². The van der Waals surface area contributed by atoms with E-state index < -0.39 is 11.9 Å². The number of carboxylic acid groups (broad SMARTS) is 2. The molecule has 2 unspecified atom stereocenters. The molecule has 0 spiro atoms. The van der Waals surface area contributed by atoms with Gasteiger partial charge in [0.15, 0.2) is 0 Å². The van der Waals surface area contributed by atoms with Crippen molar-refractivity contribution in [2.24, 2.45) is 0 Å². The Morgan fingerprint density at radius 3 is 1.51 bits per heavy atom. The molecule has 5 heterocycles. The molecule has 0 radical (unpaired) electrons. The number of allylic oxidation sites excluding steroid dienone is 2. The summed E-state index contributed by atoms with van der Waals surface area (Å²) >= 11 is 8.86. The second kappa shape index (κ2) is 28.9. The number of unbranched alkanes of at least 4 members (excludes halogenated alkanes) is 12. The summed E-state index contributed by atoms with van der Waals surface area (Å²) in [7, 11) is 0. The van der Waals surface area contributed by atoms with Crippen LogP contribution < -0.4 is 4.90 Å². The highest BCUT2D eigenvalue weighted by atomic mass is 32.2. The summed E-state index contributed by atoms with van der Waals surface area (Å²) < 4.78 is 0. The van der Waals surface area contributed by atoms with Crippen LogP contribution in [0.4, 0.5) is 11.4 Å². The van der Waals surface area contributed by atoms with Gasteiger partial charge in [-0.1, -0.05) is 147 Å². The number of thiophene rings is 4. The van der Waals surface area contributed by atoms with Gasteiger partial charge in [0.05, 0.1) is 17.0 Å². The van der Waals surface area contributed by atoms with Crippen LogP contribution in [0.15, 0.2) is 107 Å². The first-order valence-corrected chi connectivity index (χ1v) is 32.5. The smallest absolute Gasteiger partial charge is 0.346 e. The van der Waals surface area contributed by atoms with E-state index in [9.17, 15) is 30.3 Å². The monoisotopic (exact) mass is 1130 g/mol. The molecule has 2 aromatic carbocycles. The third-order valence-corrected chi connectivity index (χ3v) is 21.0. The average Bonchev–Trinajstić information content (AvgIpc) is 4.41. The van der Waals surface area contributed by atoms with Crippen LogP contribution in [0.2, 0.25) is 0 Å². The summed E-state index contributed by atoms with van der Waals surface area (Å²) in [5.41, 5.74) is 9.47. The fourth-order valence-electron chi connectivity index (χ4n) is 10.6. The molecule has 7 nitrogen and oxygen atoms in total. The Bertz CT molecular complexity index is 3240. The van der Waals surface area contributed by atoms with Gasteiger partial charge in [-0.05, 0) is 145 Å². The lowest BCUT2D eigenvalue weighted by Crippen LogP contribution is -2.41. The second-order valence-corrected chi connectivity index (χ2v) is 26.1. The second-order valence-electron chi connectivity index (χ2n) is 20.6. The number of hydrogen-bond acceptors (Lipinski definition) is 10. The van der Waals surface area contributed by atoms with E-state index in [-0.39, 0.29) is 22.4 Å². The van der Waals surface area contributed by atoms with Gasteiger partial charge >= 0.3 is 11.9 Å². The molecule has 4 aromatic heterocycles. The van der Waals surface area contributed by atoms with Crippen LogP contribution in [0.1, 0.15) is 167 Å². The van der Waals surface area contributed by atoms with Gasteiger partial charge in [-0.3, -0.25) is 0 Å². The SMILES string of the molecule is CCCCCCc1cc(-c2sc(/C=C(\C#N)C(=O)O)cc2CCCCCC)sc1C1=CC2Sc3cc(-c4sc(-c5sc(/C=C(\C#N)C(=O)O)cc5CCCCCC)cc4CCCCCC)ccc3N(c3ccccc3)C2C=C1. The molecule has 6 aromatic rings. The zero-order valence-electron chi connectivity index (χ0n) is 45.7. The quantitative estimate of drug-likeness (QED) is 0.0270. The Balaban J connectivity index is 1.20. The number of nitriles is 2. The number of carbonyl (C=O) groups is 2. The van der Waals surface area contributed by atoms with Crippen LogP contribution >= 0.6 is 57.1 Å². The van der Waals surface area contributed by atoms with Crippen molar-refractivity contribution in [2.75, 3.05) is 4.90 Å². The number of hydrogen-bond donors (Lipinski definition) is 2. The van der Waals surface area contributed by atoms with Gasteiger partial charge in [-0.2, -0.15) is 10.5 Å². The Kier molecular flexibility index (Phi) is 21.7. The number of aryl methyl sites for hydroxylation is 4. The normalized spacial score (nSPS) is 15.2. The van der Waals surface area contributed by atoms with E-state index in [1.807, 2.05) is 46.6 Å². The predicted molar refractivity (Wildman–Crippen MR) is 334 cm³/mol. The molecule has 2 N–H and O–H groups in total. The van der Waals surface area contributed by atoms with Crippen molar-refractivity contribution in [3.05, 3.63) is 139 Å². The molecule has 2 atom stereocenters. The van der Waals surface area contributed by atoms with Gasteiger partial charge in [0.25, 0.3) is 0 Å². The Labute approximate surface area is 483 Å². The van der Waals surface area contributed by atoms with Crippen molar-refractivity contribution >= 4 is 98.1 Å². The molecule has 406 valence electrons. The van der Waals surface area contributed by atoms with Crippen molar-refractivity contribution in [3.8, 4) is 42.1 Å². The summed E-state index contributed by atoms with van der Waals surface area (Å²) in [4.78, 5) is 36.6. The molecule has 0 bridgehead atoms. The molecule has 0 amide bonds. The third kappa shape index (κ3) is 14.5. The molecule has 0 fully saturated rings. The molecular formula is C66H73N3O4S5. The highest BCUT2D eigenvalue weighted by Gasteiger charge is 2.36. The maximum atomic E-state index is 12.0. The van der Waals surface area contributed by atoms with E-state index in [4.69, 9.17) is 0 Å². The first-order chi connectivity index (χ1) is 38.1. The third-order valence-electron chi connectivity index (χ3n) is 14.7. The fraction of sp³-hybridized carbons (Fsp3) is 0.394. The summed E-state index contributed by atoms with van der Waals surface area (Å²) in [5, 5.41) is 39.0. The molecule has 12 heteroatoms. The summed E-state index contributed by atoms with van der Waals surface area (Å²) in [6, 6.07) is 30.8. The average molecular weight is 1130 g/mol. The zero-order chi connectivity index (χ0) is 55.0. The zero-order valence-corrected chi connectivity index (χ0v) is 49.8. The number of anilines is 2. The van der Waals surface area contributed by atoms with Crippen LogP contribution in [-0.4, -0.2) is 33.4 Å². The molecular weight excluding hydrogens is 1060 g/mol. The number of nitrogens with zero attached hydrogens (tertiary/aromatic N) is 3. The van der Waals surface area contributed by atoms with E-state index in [1.165, 1.54) is 137 Å². The van der Waals surface area contributed by atoms with Gasteiger partial charge in [0, 0.05) is 49.6 Å². The molecule has 8 rings (SSSR count). The first-order valence-electron chi connectivity index (χ1n) is 28.3. The van der Waals surface area contributed by atoms with Gasteiger partial charge in [0.1, 0.15) is 23.3 Å². The number of benzene rings is 2. The highest BCUT2D eigenvalue weighted by Crippen LogP contribution is 2.52. The van der Waals surface area contributed by atoms with Gasteiger partial charge in [-0.15, -0.1) is 57.1 Å². The minimum atomic E-state index is -1.20. The number of rotatable bonds is 29. The Hall–Kier alpha value is -5.73. The van der Waals surface area contributed by atoms with Crippen LogP contribution in [0.3, 0.4) is 0 Å². The first kappa shape index (κ1) is 58.4. The van der Waals surface area contributed by atoms with Crippen LogP contribution in [-0.2, 0) is 35.3 Å². The maximum absolute atomic E-state index is 12.0. The number of para-hydroxylation sites is 1. The standard InChI is InChI=1S/C66H73N3O4S5/c1-5-9-13-18-24-44-34-53(36-50(42-67)65(70)71)74-63(44)59-40-46(26-20-15-11-7-3)61(77-59)48-30-32-55-57(38-48)76-58-39-49(31-33-56(58)69(55)52-28-22-17-23-29-52)62-47(27-21-16-12-8-4)41-60(78-62)64-45(25-19-14-10-6-2)35-54(75-64)37-51(43-68)66(72)73/h17,22-23,28-41,55,57H,5-16,18-21,24-27H2,1-4H3,(H,70,71)(H,72,73)/b50-36+,51-37+. The largest absolute Gasteiger partial charge is 0.477 e. The minimum absolute atomic E-state index is 0.0832. The van der Waals surface area contributed by atoms with Gasteiger partial charge in [-0.25, -0.2) is 9.59 Å². The predicted octanol–water partition coefficient (Wildman–Crippen LogP) is 20.0. The lowest BCUT2D eigenvalue weighted by atomic mass is 9.95. The van der Waals surface area contributed by atoms with E-state index in [2.05, 4.69) is 124 Å². The van der Waals surface area contributed by atoms with E-state index in [0.717, 1.165) is 92.5 Å². The Morgan fingerprint density at radius 1 is 0.564 bits per heavy atom. The van der Waals surface area contributed by atoms with Crippen LogP contribution in [0.5, 0.6) is 0 Å². The summed E-state index contributed by atoms with van der Waals surface area (Å²) in [6.07, 6.45) is 32.5. The number of fused-ring (bicyclic) bond motifs is 2. The minimum Gasteiger partial charge on any atom is -0.477 e. The van der Waals surface area contributed by atoms with Crippen molar-refractivity contribution < 1.29 is 19.8 Å². The lowest BCUT2D eigenvalue weighted by molar-refractivity contribution is -0.133. The maximum Gasteiger partial charge on any atom is 0.346 e. The van der Waals surface area contributed by atoms with Gasteiger partial charge < -0.3 is 15.1 Å². The Morgan fingerprint density at radius 2 is 1.04 bits per heavy atom. The summed E-state index contributed by atoms with van der Waals surface area (Å²) in [6.45, 7) is 8.96. The molecule has 2 aliphatic rings. The van der Waals surface area contributed by atoms with E-state index in [1.54, 1.807) is 22.7 Å². The number of carboxylic acids is 2. The molecule has 78 heavy (non-hydrogen) atoms. The van der Waals surface area contributed by atoms with Gasteiger partial charge in [0.2, 0.25) is 0 Å². The van der Waals surface area contributed by atoms with Crippen LogP contribution in [0.25, 0.3) is 47.7 Å². The van der Waals surface area contributed by atoms with Crippen molar-refractivity contribution in [1.29, 1.82) is 10.5 Å². The molecule has 0 saturated heterocycles. The van der Waals surface area contributed by atoms with Crippen molar-refractivity contribution in [1.82, 2.24) is 0 Å². The number of thioether (sulfide) groups is 1. The highest BCUT2D eigenvalue weighted by molar-refractivity contribution is 8.00. The molecule has 1 aliphatic carbocycles. The van der Waals surface area contributed by atoms with Crippen LogP contribution in [0, 0.1) is 22.7 Å². The topological polar surface area (TPSA) is 125 Å². The summed E-state index contributed by atoms with van der Waals surface area (Å²) in [5.74, 6) is -2.41. The number of aliphatic carboxylic acids is 2. The van der Waals surface area contributed by atoms with E-state index >= 15 is 0 Å². The van der Waals surface area contributed by atoms with Crippen molar-refractivity contribution in [3.63, 3.8) is 0 Å². The molecule has 0 saturated carbocycles.